The van der Waals surface area contributed by atoms with Crippen LogP contribution < -0.4 is 16.4 Å². The number of hydrogen-bond acceptors (Lipinski definition) is 5. The van der Waals surface area contributed by atoms with Crippen LogP contribution in [0.4, 0.5) is 5.82 Å². The van der Waals surface area contributed by atoms with Crippen molar-refractivity contribution < 1.29 is 0 Å². The Morgan fingerprint density at radius 2 is 2.35 bits per heavy atom. The van der Waals surface area contributed by atoms with Crippen molar-refractivity contribution in [2.45, 2.75) is 31.7 Å². The fraction of sp³-hybridized carbons (Fsp3) is 0.467. The smallest absolute Gasteiger partial charge is 0.129 e. The van der Waals surface area contributed by atoms with Gasteiger partial charge in [-0.3, -0.25) is 0 Å². The first-order valence-electron chi connectivity index (χ1n) is 7.10. The molecule has 106 valence electrons. The number of nitrogens with zero attached hydrogens (tertiary/aromatic N) is 1. The molecule has 3 heterocycles. The molecule has 2 aliphatic rings. The monoisotopic (exact) mass is 271 g/mol. The van der Waals surface area contributed by atoms with Crippen molar-refractivity contribution in [3.05, 3.63) is 29.1 Å². The van der Waals surface area contributed by atoms with Gasteiger partial charge in [0.1, 0.15) is 5.82 Å². The number of hydrogen-bond donors (Lipinski definition) is 4. The summed E-state index contributed by atoms with van der Waals surface area (Å²) in [5, 5.41) is 14.5. The van der Waals surface area contributed by atoms with E-state index in [2.05, 4.69) is 16.7 Å². The molecule has 1 fully saturated rings. The summed E-state index contributed by atoms with van der Waals surface area (Å²) < 4.78 is 0. The molecule has 0 saturated carbocycles. The predicted molar refractivity (Wildman–Crippen MR) is 82.1 cm³/mol. The van der Waals surface area contributed by atoms with Gasteiger partial charge >= 0.3 is 0 Å². The summed E-state index contributed by atoms with van der Waals surface area (Å²) in [6, 6.07) is 2.13. The van der Waals surface area contributed by atoms with Gasteiger partial charge in [0, 0.05) is 35.8 Å². The number of rotatable bonds is 2. The van der Waals surface area contributed by atoms with Crippen LogP contribution in [-0.4, -0.2) is 29.8 Å². The molecule has 2 aliphatic heterocycles. The molecule has 0 bridgehead atoms. The molecular formula is C15H21N5. The third-order valence-corrected chi connectivity index (χ3v) is 4.44. The van der Waals surface area contributed by atoms with Crippen molar-refractivity contribution in [3.63, 3.8) is 0 Å². The predicted octanol–water partition coefficient (Wildman–Crippen LogP) is 1.43. The Kier molecular flexibility index (Phi) is 3.22. The summed E-state index contributed by atoms with van der Waals surface area (Å²) in [7, 11) is 0. The summed E-state index contributed by atoms with van der Waals surface area (Å²) in [5.41, 5.74) is 9.60. The van der Waals surface area contributed by atoms with Gasteiger partial charge in [0.05, 0.1) is 5.54 Å². The number of aromatic nitrogens is 1. The molecule has 1 unspecified atom stereocenters. The fourth-order valence-corrected chi connectivity index (χ4v) is 3.20. The number of fused-ring (bicyclic) bond motifs is 1. The summed E-state index contributed by atoms with van der Waals surface area (Å²) >= 11 is 0. The number of aryl methyl sites for hydroxylation is 2. The molecule has 0 aliphatic carbocycles. The van der Waals surface area contributed by atoms with Crippen LogP contribution in [0.15, 0.2) is 12.3 Å². The topological polar surface area (TPSA) is 86.8 Å². The van der Waals surface area contributed by atoms with Gasteiger partial charge in [-0.05, 0) is 44.4 Å². The molecule has 3 rings (SSSR count). The van der Waals surface area contributed by atoms with Crippen LogP contribution >= 0.6 is 0 Å². The molecule has 1 saturated heterocycles. The second-order valence-electron chi connectivity index (χ2n) is 5.73. The van der Waals surface area contributed by atoms with Gasteiger partial charge in [0.15, 0.2) is 0 Å². The van der Waals surface area contributed by atoms with Crippen molar-refractivity contribution in [2.24, 2.45) is 5.73 Å². The lowest BCUT2D eigenvalue weighted by atomic mass is 9.86. The van der Waals surface area contributed by atoms with E-state index in [1.807, 2.05) is 6.92 Å². The highest BCUT2D eigenvalue weighted by Crippen LogP contribution is 2.35. The quantitative estimate of drug-likeness (QED) is 0.613. The van der Waals surface area contributed by atoms with Gasteiger partial charge in [-0.2, -0.15) is 0 Å². The number of anilines is 1. The molecule has 1 atom stereocenters. The highest BCUT2D eigenvalue weighted by Gasteiger charge is 2.37. The number of allylic oxidation sites excluding steroid dienone is 1. The summed E-state index contributed by atoms with van der Waals surface area (Å²) in [6.07, 6.45) is 6.07. The van der Waals surface area contributed by atoms with E-state index in [0.717, 1.165) is 55.0 Å². The van der Waals surface area contributed by atoms with Gasteiger partial charge in [-0.15, -0.1) is 0 Å². The molecule has 5 heteroatoms. The number of pyridine rings is 1. The Hall–Kier alpha value is -1.88. The van der Waals surface area contributed by atoms with E-state index in [-0.39, 0.29) is 5.54 Å². The van der Waals surface area contributed by atoms with Crippen molar-refractivity contribution in [3.8, 4) is 0 Å². The fourth-order valence-electron chi connectivity index (χ4n) is 3.20. The van der Waals surface area contributed by atoms with E-state index < -0.39 is 0 Å². The maximum atomic E-state index is 7.44. The standard InChI is InChI=1S/C15H21N5/c1-10-13(12(7-16)8-17)6-11-2-3-15(4-5-18-9-15)20-14(11)19-10/h6-8,16,18H,2-5,9,17H2,1H3,(H,19,20)/b12-8+,16-7?. The average Bonchev–Trinajstić information content (AvgIpc) is 2.89. The highest BCUT2D eigenvalue weighted by molar-refractivity contribution is 6.08. The van der Waals surface area contributed by atoms with Crippen LogP contribution in [0.25, 0.3) is 5.57 Å². The van der Waals surface area contributed by atoms with Crippen molar-refractivity contribution in [1.29, 1.82) is 5.41 Å². The third kappa shape index (κ3) is 2.08. The maximum Gasteiger partial charge on any atom is 0.129 e. The minimum Gasteiger partial charge on any atom is -0.404 e. The van der Waals surface area contributed by atoms with Crippen molar-refractivity contribution >= 4 is 17.6 Å². The van der Waals surface area contributed by atoms with Gasteiger partial charge in [0.2, 0.25) is 0 Å². The molecular weight excluding hydrogens is 250 g/mol. The van der Waals surface area contributed by atoms with Crippen LogP contribution in [-0.2, 0) is 6.42 Å². The lowest BCUT2D eigenvalue weighted by molar-refractivity contribution is 0.454. The van der Waals surface area contributed by atoms with Crippen molar-refractivity contribution in [1.82, 2.24) is 10.3 Å². The Morgan fingerprint density at radius 3 is 3.00 bits per heavy atom. The Morgan fingerprint density at radius 1 is 1.50 bits per heavy atom. The highest BCUT2D eigenvalue weighted by atomic mass is 15.1. The second kappa shape index (κ2) is 4.90. The maximum absolute atomic E-state index is 7.44. The summed E-state index contributed by atoms with van der Waals surface area (Å²) in [6.45, 7) is 4.06. The molecule has 5 N–H and O–H groups in total. The molecule has 0 radical (unpaired) electrons. The van der Waals surface area contributed by atoms with Gasteiger partial charge < -0.3 is 21.8 Å². The molecule has 5 nitrogen and oxygen atoms in total. The first-order chi connectivity index (χ1) is 9.67. The first-order valence-corrected chi connectivity index (χ1v) is 7.10. The third-order valence-electron chi connectivity index (χ3n) is 4.44. The molecule has 1 aromatic rings. The zero-order valence-electron chi connectivity index (χ0n) is 11.8. The van der Waals surface area contributed by atoms with Gasteiger partial charge in [-0.25, -0.2) is 4.98 Å². The van der Waals surface area contributed by atoms with E-state index in [1.165, 1.54) is 18.0 Å². The van der Waals surface area contributed by atoms with Gasteiger partial charge in [0.25, 0.3) is 0 Å². The Balaban J connectivity index is 1.98. The van der Waals surface area contributed by atoms with Crippen LogP contribution in [0.1, 0.15) is 29.7 Å². The normalized spacial score (nSPS) is 25.4. The zero-order chi connectivity index (χ0) is 14.2. The summed E-state index contributed by atoms with van der Waals surface area (Å²) in [4.78, 5) is 4.71. The molecule has 1 spiro atoms. The minimum atomic E-state index is 0.183. The minimum absolute atomic E-state index is 0.183. The largest absolute Gasteiger partial charge is 0.404 e. The molecule has 0 aromatic carbocycles. The molecule has 20 heavy (non-hydrogen) atoms. The van der Waals surface area contributed by atoms with Crippen molar-refractivity contribution in [2.75, 3.05) is 18.4 Å². The van der Waals surface area contributed by atoms with Gasteiger partial charge in [-0.1, -0.05) is 0 Å². The molecule has 1 aromatic heterocycles. The first kappa shape index (κ1) is 13.1. The van der Waals surface area contributed by atoms with Crippen LogP contribution in [0, 0.1) is 12.3 Å². The average molecular weight is 271 g/mol. The van der Waals surface area contributed by atoms with E-state index in [1.54, 1.807) is 0 Å². The van der Waals surface area contributed by atoms with E-state index in [9.17, 15) is 0 Å². The lowest BCUT2D eigenvalue weighted by Crippen LogP contribution is -2.44. The molecule has 0 amide bonds. The Labute approximate surface area is 119 Å². The summed E-state index contributed by atoms with van der Waals surface area (Å²) in [5.74, 6) is 1.00. The second-order valence-corrected chi connectivity index (χ2v) is 5.73. The SMILES string of the molecule is Cc1nc2c(cc1/C(C=N)=C/N)CCC1(CCNC1)N2. The van der Waals surface area contributed by atoms with E-state index in [0.29, 0.717) is 0 Å². The lowest BCUT2D eigenvalue weighted by Gasteiger charge is -2.36. The van der Waals surface area contributed by atoms with E-state index in [4.69, 9.17) is 16.1 Å². The number of nitrogens with two attached hydrogens (primary N) is 1. The van der Waals surface area contributed by atoms with Crippen LogP contribution in [0.5, 0.6) is 0 Å². The number of nitrogens with one attached hydrogen (secondary N) is 3. The van der Waals surface area contributed by atoms with Crippen LogP contribution in [0.2, 0.25) is 0 Å². The van der Waals surface area contributed by atoms with Crippen LogP contribution in [0.3, 0.4) is 0 Å². The zero-order valence-corrected chi connectivity index (χ0v) is 11.8. The van der Waals surface area contributed by atoms with E-state index >= 15 is 0 Å². The Bertz CT molecular complexity index is 570.